The standard InChI is InChI=1S/C9H8N4O4S/c14-9(15)6-1-2-11-7(3-6)13-18(16,17)8-4-10-5-12-8/h1-5H,(H,10,12)(H,11,13)(H,14,15). The molecule has 18 heavy (non-hydrogen) atoms. The number of aromatic amines is 1. The molecule has 94 valence electrons. The van der Waals surface area contributed by atoms with Gasteiger partial charge in [-0.2, -0.15) is 8.42 Å². The smallest absolute Gasteiger partial charge is 0.335 e. The van der Waals surface area contributed by atoms with Gasteiger partial charge in [0.2, 0.25) is 0 Å². The van der Waals surface area contributed by atoms with Crippen molar-refractivity contribution in [2.75, 3.05) is 4.72 Å². The fourth-order valence-corrected chi connectivity index (χ4v) is 2.11. The number of nitrogens with one attached hydrogen (secondary N) is 2. The Morgan fingerprint density at radius 2 is 2.22 bits per heavy atom. The molecule has 0 amide bonds. The SMILES string of the molecule is O=C(O)c1ccnc(NS(=O)(=O)c2cnc[nH]2)c1. The lowest BCUT2D eigenvalue weighted by Crippen LogP contribution is -2.14. The Labute approximate surface area is 102 Å². The van der Waals surface area contributed by atoms with Crippen molar-refractivity contribution in [2.45, 2.75) is 5.03 Å². The van der Waals surface area contributed by atoms with E-state index in [1.165, 1.54) is 18.6 Å². The Morgan fingerprint density at radius 1 is 1.44 bits per heavy atom. The third-order valence-corrected chi connectivity index (χ3v) is 3.29. The molecule has 2 aromatic rings. The lowest BCUT2D eigenvalue weighted by Gasteiger charge is -2.05. The molecule has 0 radical (unpaired) electrons. The molecule has 0 bridgehead atoms. The number of nitrogens with zero attached hydrogens (tertiary/aromatic N) is 2. The van der Waals surface area contributed by atoms with E-state index in [-0.39, 0.29) is 16.4 Å². The number of carboxylic acid groups (broad SMARTS) is 1. The molecule has 9 heteroatoms. The maximum absolute atomic E-state index is 11.8. The molecule has 0 aliphatic carbocycles. The second-order valence-electron chi connectivity index (χ2n) is 3.26. The quantitative estimate of drug-likeness (QED) is 0.732. The van der Waals surface area contributed by atoms with Crippen molar-refractivity contribution < 1.29 is 18.3 Å². The molecule has 0 saturated heterocycles. The number of hydrogen-bond acceptors (Lipinski definition) is 5. The molecule has 2 aromatic heterocycles. The number of imidazole rings is 1. The van der Waals surface area contributed by atoms with Crippen LogP contribution in [0.4, 0.5) is 5.82 Å². The van der Waals surface area contributed by atoms with Gasteiger partial charge in [-0.25, -0.2) is 14.8 Å². The van der Waals surface area contributed by atoms with Crippen LogP contribution in [0.2, 0.25) is 0 Å². The number of aromatic nitrogens is 3. The van der Waals surface area contributed by atoms with Gasteiger partial charge < -0.3 is 10.1 Å². The summed E-state index contributed by atoms with van der Waals surface area (Å²) in [6.07, 6.45) is 3.55. The van der Waals surface area contributed by atoms with Crippen molar-refractivity contribution in [3.63, 3.8) is 0 Å². The van der Waals surface area contributed by atoms with E-state index in [2.05, 4.69) is 19.7 Å². The number of sulfonamides is 1. The molecule has 2 heterocycles. The van der Waals surface area contributed by atoms with E-state index in [1.54, 1.807) is 0 Å². The van der Waals surface area contributed by atoms with Crippen LogP contribution >= 0.6 is 0 Å². The maximum atomic E-state index is 11.8. The molecule has 3 N–H and O–H groups in total. The minimum Gasteiger partial charge on any atom is -0.478 e. The van der Waals surface area contributed by atoms with E-state index in [1.807, 2.05) is 0 Å². The highest BCUT2D eigenvalue weighted by molar-refractivity contribution is 7.92. The Balaban J connectivity index is 2.30. The summed E-state index contributed by atoms with van der Waals surface area (Å²) in [7, 11) is -3.84. The molecule has 8 nitrogen and oxygen atoms in total. The number of carbonyl (C=O) groups is 1. The van der Waals surface area contributed by atoms with Crippen molar-refractivity contribution in [2.24, 2.45) is 0 Å². The third-order valence-electron chi connectivity index (χ3n) is 2.01. The Bertz CT molecular complexity index is 666. The highest BCUT2D eigenvalue weighted by Gasteiger charge is 2.16. The molecule has 0 spiro atoms. The maximum Gasteiger partial charge on any atom is 0.335 e. The van der Waals surface area contributed by atoms with Crippen molar-refractivity contribution in [3.05, 3.63) is 36.4 Å². The van der Waals surface area contributed by atoms with Crippen molar-refractivity contribution >= 4 is 21.8 Å². The topological polar surface area (TPSA) is 125 Å². The Morgan fingerprint density at radius 3 is 2.83 bits per heavy atom. The van der Waals surface area contributed by atoms with Crippen LogP contribution in [0.3, 0.4) is 0 Å². The lowest BCUT2D eigenvalue weighted by atomic mass is 10.3. The monoisotopic (exact) mass is 268 g/mol. The molecular weight excluding hydrogens is 260 g/mol. The summed E-state index contributed by atoms with van der Waals surface area (Å²) in [5, 5.41) is 8.64. The fraction of sp³-hybridized carbons (Fsp3) is 0. The Kier molecular flexibility index (Phi) is 2.98. The van der Waals surface area contributed by atoms with E-state index in [0.717, 1.165) is 12.3 Å². The first kappa shape index (κ1) is 12.0. The molecule has 0 fully saturated rings. The number of H-pyrrole nitrogens is 1. The highest BCUT2D eigenvalue weighted by Crippen LogP contribution is 2.12. The molecule has 0 atom stereocenters. The number of carboxylic acids is 1. The zero-order valence-corrected chi connectivity index (χ0v) is 9.68. The van der Waals surface area contributed by atoms with Crippen LogP contribution in [0.15, 0.2) is 35.9 Å². The molecule has 0 unspecified atom stereocenters. The van der Waals surface area contributed by atoms with Gasteiger partial charge in [-0.3, -0.25) is 4.72 Å². The molecule has 2 rings (SSSR count). The van der Waals surface area contributed by atoms with E-state index in [4.69, 9.17) is 5.11 Å². The van der Waals surface area contributed by atoms with Gasteiger partial charge >= 0.3 is 5.97 Å². The van der Waals surface area contributed by atoms with Gasteiger partial charge in [0.15, 0.2) is 5.03 Å². The van der Waals surface area contributed by atoms with Crippen LogP contribution in [0.1, 0.15) is 10.4 Å². The first-order chi connectivity index (χ1) is 8.49. The Hall–Kier alpha value is -2.42. The van der Waals surface area contributed by atoms with Gasteiger partial charge in [-0.1, -0.05) is 0 Å². The van der Waals surface area contributed by atoms with Crippen LogP contribution in [0.5, 0.6) is 0 Å². The zero-order chi connectivity index (χ0) is 13.2. The van der Waals surface area contributed by atoms with E-state index in [0.29, 0.717) is 0 Å². The normalized spacial score (nSPS) is 11.1. The number of anilines is 1. The minimum atomic E-state index is -3.84. The van der Waals surface area contributed by atoms with Gasteiger partial charge in [-0.05, 0) is 12.1 Å². The van der Waals surface area contributed by atoms with Crippen LogP contribution in [-0.4, -0.2) is 34.4 Å². The van der Waals surface area contributed by atoms with Gasteiger partial charge in [0.25, 0.3) is 10.0 Å². The number of hydrogen-bond donors (Lipinski definition) is 3. The van der Waals surface area contributed by atoms with E-state index >= 15 is 0 Å². The third kappa shape index (κ3) is 2.46. The molecular formula is C9H8N4O4S. The van der Waals surface area contributed by atoms with Gasteiger partial charge in [0, 0.05) is 6.20 Å². The minimum absolute atomic E-state index is 0.0627. The number of pyridine rings is 1. The van der Waals surface area contributed by atoms with Crippen molar-refractivity contribution in [1.29, 1.82) is 0 Å². The first-order valence-corrected chi connectivity index (χ1v) is 6.18. The summed E-state index contributed by atoms with van der Waals surface area (Å²) in [5.74, 6) is -1.25. The summed E-state index contributed by atoms with van der Waals surface area (Å²) in [4.78, 5) is 20.5. The predicted molar refractivity (Wildman–Crippen MR) is 60.6 cm³/mol. The van der Waals surface area contributed by atoms with Gasteiger partial charge in [-0.15, -0.1) is 0 Å². The first-order valence-electron chi connectivity index (χ1n) is 4.69. The van der Waals surface area contributed by atoms with Gasteiger partial charge in [0.1, 0.15) is 5.82 Å². The van der Waals surface area contributed by atoms with Crippen LogP contribution in [0, 0.1) is 0 Å². The second-order valence-corrected chi connectivity index (χ2v) is 4.91. The van der Waals surface area contributed by atoms with Crippen LogP contribution in [0.25, 0.3) is 0 Å². The highest BCUT2D eigenvalue weighted by atomic mass is 32.2. The van der Waals surface area contributed by atoms with Crippen molar-refractivity contribution in [3.8, 4) is 0 Å². The van der Waals surface area contributed by atoms with E-state index < -0.39 is 16.0 Å². The lowest BCUT2D eigenvalue weighted by molar-refractivity contribution is 0.0697. The fourth-order valence-electron chi connectivity index (χ4n) is 1.20. The summed E-state index contributed by atoms with van der Waals surface area (Å²) in [6, 6.07) is 2.38. The second kappa shape index (κ2) is 4.45. The summed E-state index contributed by atoms with van der Waals surface area (Å²) in [6.45, 7) is 0. The van der Waals surface area contributed by atoms with Crippen molar-refractivity contribution in [1.82, 2.24) is 15.0 Å². The summed E-state index contributed by atoms with van der Waals surface area (Å²) >= 11 is 0. The molecule has 0 aromatic carbocycles. The largest absolute Gasteiger partial charge is 0.478 e. The average Bonchev–Trinajstić information content (AvgIpc) is 2.82. The molecule has 0 aliphatic heterocycles. The van der Waals surface area contributed by atoms with E-state index in [9.17, 15) is 13.2 Å². The molecule has 0 saturated carbocycles. The average molecular weight is 268 g/mol. The van der Waals surface area contributed by atoms with Crippen LogP contribution in [-0.2, 0) is 10.0 Å². The van der Waals surface area contributed by atoms with Crippen LogP contribution < -0.4 is 4.72 Å². The zero-order valence-electron chi connectivity index (χ0n) is 8.86. The van der Waals surface area contributed by atoms with Gasteiger partial charge in [0.05, 0.1) is 18.1 Å². The number of rotatable bonds is 4. The summed E-state index contributed by atoms with van der Waals surface area (Å²) < 4.78 is 25.7. The number of aromatic carboxylic acids is 1. The molecule has 0 aliphatic rings. The summed E-state index contributed by atoms with van der Waals surface area (Å²) in [5.41, 5.74) is -0.0627. The predicted octanol–water partition coefficient (Wildman–Crippen LogP) is 0.304.